The predicted molar refractivity (Wildman–Crippen MR) is 73.4 cm³/mol. The summed E-state index contributed by atoms with van der Waals surface area (Å²) in [5, 5.41) is 12.3. The molecule has 0 bridgehead atoms. The van der Waals surface area contributed by atoms with E-state index in [1.165, 1.54) is 17.7 Å². The van der Waals surface area contributed by atoms with Gasteiger partial charge in [-0.3, -0.25) is 0 Å². The van der Waals surface area contributed by atoms with Crippen molar-refractivity contribution in [2.45, 2.75) is 26.3 Å². The zero-order valence-corrected chi connectivity index (χ0v) is 10.9. The molecule has 0 atom stereocenters. The van der Waals surface area contributed by atoms with Crippen LogP contribution in [-0.2, 0) is 6.54 Å². The van der Waals surface area contributed by atoms with E-state index in [1.807, 2.05) is 7.05 Å². The Labute approximate surface area is 104 Å². The summed E-state index contributed by atoms with van der Waals surface area (Å²) in [6, 6.07) is 8.40. The van der Waals surface area contributed by atoms with Gasteiger partial charge in [-0.25, -0.2) is 0 Å². The van der Waals surface area contributed by atoms with E-state index in [0.29, 0.717) is 6.54 Å². The molecule has 1 aromatic carbocycles. The second-order valence-corrected chi connectivity index (χ2v) is 4.22. The number of hydrogen-bond donors (Lipinski definition) is 2. The number of rotatable bonds is 8. The normalized spacial score (nSPS) is 10.5. The molecule has 0 saturated heterocycles. The van der Waals surface area contributed by atoms with Crippen LogP contribution in [0.1, 0.15) is 25.3 Å². The van der Waals surface area contributed by atoms with Gasteiger partial charge in [-0.1, -0.05) is 31.5 Å². The molecule has 1 rings (SSSR count). The number of anilines is 1. The summed E-state index contributed by atoms with van der Waals surface area (Å²) in [6.45, 7) is 4.98. The fourth-order valence-electron chi connectivity index (χ4n) is 1.98. The molecule has 0 aliphatic heterocycles. The van der Waals surface area contributed by atoms with Crippen molar-refractivity contribution >= 4 is 5.69 Å². The lowest BCUT2D eigenvalue weighted by Crippen LogP contribution is -2.29. The second kappa shape index (κ2) is 8.09. The van der Waals surface area contributed by atoms with Crippen LogP contribution in [0.3, 0.4) is 0 Å². The van der Waals surface area contributed by atoms with Gasteiger partial charge in [0.05, 0.1) is 6.61 Å². The van der Waals surface area contributed by atoms with Gasteiger partial charge in [0.25, 0.3) is 0 Å². The first-order valence-corrected chi connectivity index (χ1v) is 6.41. The van der Waals surface area contributed by atoms with Crippen LogP contribution in [0.25, 0.3) is 0 Å². The molecular formula is C14H24N2O. The predicted octanol–water partition coefficient (Wildman–Crippen LogP) is 2.00. The van der Waals surface area contributed by atoms with Gasteiger partial charge in [-0.2, -0.15) is 0 Å². The Morgan fingerprint density at radius 2 is 2.00 bits per heavy atom. The largest absolute Gasteiger partial charge is 0.395 e. The summed E-state index contributed by atoms with van der Waals surface area (Å²) in [7, 11) is 1.96. The molecule has 0 aliphatic rings. The Bertz CT molecular complexity index is 315. The van der Waals surface area contributed by atoms with Gasteiger partial charge in [0.1, 0.15) is 0 Å². The molecule has 3 heteroatoms. The molecule has 0 fully saturated rings. The molecule has 3 nitrogen and oxygen atoms in total. The third-order valence-corrected chi connectivity index (χ3v) is 2.85. The molecule has 0 radical (unpaired) electrons. The fourth-order valence-corrected chi connectivity index (χ4v) is 1.98. The van der Waals surface area contributed by atoms with Gasteiger partial charge in [-0.15, -0.1) is 0 Å². The van der Waals surface area contributed by atoms with Crippen LogP contribution in [0.4, 0.5) is 5.69 Å². The summed E-state index contributed by atoms with van der Waals surface area (Å²) in [6.07, 6.45) is 2.34. The number of aliphatic hydroxyl groups is 1. The fraction of sp³-hybridized carbons (Fsp3) is 0.571. The molecule has 1 aromatic rings. The Morgan fingerprint density at radius 3 is 2.65 bits per heavy atom. The van der Waals surface area contributed by atoms with Crippen molar-refractivity contribution in [2.75, 3.05) is 31.6 Å². The van der Waals surface area contributed by atoms with Crippen LogP contribution in [0, 0.1) is 0 Å². The van der Waals surface area contributed by atoms with E-state index >= 15 is 0 Å². The zero-order chi connectivity index (χ0) is 12.5. The van der Waals surface area contributed by atoms with Crippen molar-refractivity contribution in [3.63, 3.8) is 0 Å². The summed E-state index contributed by atoms with van der Waals surface area (Å²) in [4.78, 5) is 2.27. The van der Waals surface area contributed by atoms with E-state index in [4.69, 9.17) is 5.11 Å². The highest BCUT2D eigenvalue weighted by Gasteiger charge is 2.09. The van der Waals surface area contributed by atoms with Crippen molar-refractivity contribution in [3.8, 4) is 0 Å². The number of benzene rings is 1. The molecule has 2 N–H and O–H groups in total. The molecule has 17 heavy (non-hydrogen) atoms. The average molecular weight is 236 g/mol. The van der Waals surface area contributed by atoms with E-state index in [1.54, 1.807) is 0 Å². The Balaban J connectivity index is 2.83. The molecule has 96 valence electrons. The summed E-state index contributed by atoms with van der Waals surface area (Å²) in [5.41, 5.74) is 2.53. The van der Waals surface area contributed by atoms with Gasteiger partial charge in [0, 0.05) is 25.3 Å². The third kappa shape index (κ3) is 4.36. The average Bonchev–Trinajstić information content (AvgIpc) is 2.36. The first kappa shape index (κ1) is 14.0. The highest BCUT2D eigenvalue weighted by molar-refractivity contribution is 5.53. The van der Waals surface area contributed by atoms with Crippen LogP contribution in [-0.4, -0.2) is 31.9 Å². The van der Waals surface area contributed by atoms with Crippen LogP contribution in [0.5, 0.6) is 0 Å². The minimum Gasteiger partial charge on any atom is -0.395 e. The van der Waals surface area contributed by atoms with Crippen molar-refractivity contribution in [1.82, 2.24) is 5.32 Å². The van der Waals surface area contributed by atoms with E-state index in [0.717, 1.165) is 19.5 Å². The number of nitrogens with zero attached hydrogens (tertiary/aromatic N) is 1. The maximum atomic E-state index is 9.16. The minimum atomic E-state index is 0.206. The molecular weight excluding hydrogens is 212 g/mol. The van der Waals surface area contributed by atoms with Crippen molar-refractivity contribution in [2.24, 2.45) is 0 Å². The standard InChI is InChI=1S/C14H24N2O/c1-3-4-9-16(10-11-17)14-8-6-5-7-13(14)12-15-2/h5-8,15,17H,3-4,9-12H2,1-2H3. The first-order valence-electron chi connectivity index (χ1n) is 6.41. The lowest BCUT2D eigenvalue weighted by Gasteiger charge is -2.26. The minimum absolute atomic E-state index is 0.206. The number of nitrogens with one attached hydrogen (secondary N) is 1. The Morgan fingerprint density at radius 1 is 1.24 bits per heavy atom. The van der Waals surface area contributed by atoms with Gasteiger partial charge in [0.15, 0.2) is 0 Å². The zero-order valence-electron chi connectivity index (χ0n) is 10.9. The highest BCUT2D eigenvalue weighted by atomic mass is 16.3. The van der Waals surface area contributed by atoms with E-state index in [-0.39, 0.29) is 6.61 Å². The maximum absolute atomic E-state index is 9.16. The van der Waals surface area contributed by atoms with Gasteiger partial charge < -0.3 is 15.3 Å². The molecule has 0 saturated carbocycles. The smallest absolute Gasteiger partial charge is 0.0606 e. The van der Waals surface area contributed by atoms with Gasteiger partial charge in [-0.05, 0) is 25.1 Å². The molecule has 0 spiro atoms. The monoisotopic (exact) mass is 236 g/mol. The lowest BCUT2D eigenvalue weighted by molar-refractivity contribution is 0.301. The van der Waals surface area contributed by atoms with E-state index < -0.39 is 0 Å². The maximum Gasteiger partial charge on any atom is 0.0606 e. The second-order valence-electron chi connectivity index (χ2n) is 4.22. The molecule has 0 unspecified atom stereocenters. The lowest BCUT2D eigenvalue weighted by atomic mass is 10.1. The SMILES string of the molecule is CCCCN(CCO)c1ccccc1CNC. The summed E-state index contributed by atoms with van der Waals surface area (Å²) in [5.74, 6) is 0. The molecule has 0 heterocycles. The van der Waals surface area contributed by atoms with Crippen LogP contribution in [0.2, 0.25) is 0 Å². The first-order chi connectivity index (χ1) is 8.33. The van der Waals surface area contributed by atoms with Gasteiger partial charge in [0.2, 0.25) is 0 Å². The van der Waals surface area contributed by atoms with E-state index in [9.17, 15) is 0 Å². The van der Waals surface area contributed by atoms with Crippen molar-refractivity contribution in [1.29, 1.82) is 0 Å². The van der Waals surface area contributed by atoms with E-state index in [2.05, 4.69) is 41.4 Å². The number of para-hydroxylation sites is 1. The number of unbranched alkanes of at least 4 members (excludes halogenated alkanes) is 1. The highest BCUT2D eigenvalue weighted by Crippen LogP contribution is 2.20. The van der Waals surface area contributed by atoms with Crippen molar-refractivity contribution < 1.29 is 5.11 Å². The van der Waals surface area contributed by atoms with Crippen LogP contribution < -0.4 is 10.2 Å². The number of aliphatic hydroxyl groups excluding tert-OH is 1. The quantitative estimate of drug-likeness (QED) is 0.725. The third-order valence-electron chi connectivity index (χ3n) is 2.85. The summed E-state index contributed by atoms with van der Waals surface area (Å²) >= 11 is 0. The molecule has 0 amide bonds. The Hall–Kier alpha value is -1.06. The Kier molecular flexibility index (Phi) is 6.67. The van der Waals surface area contributed by atoms with Crippen LogP contribution in [0.15, 0.2) is 24.3 Å². The topological polar surface area (TPSA) is 35.5 Å². The summed E-state index contributed by atoms with van der Waals surface area (Å²) < 4.78 is 0. The molecule has 0 aliphatic carbocycles. The van der Waals surface area contributed by atoms with Gasteiger partial charge >= 0.3 is 0 Å². The molecule has 0 aromatic heterocycles. The van der Waals surface area contributed by atoms with Crippen molar-refractivity contribution in [3.05, 3.63) is 29.8 Å². The van der Waals surface area contributed by atoms with Crippen LogP contribution >= 0.6 is 0 Å². The number of hydrogen-bond acceptors (Lipinski definition) is 3.